The molecule has 0 saturated heterocycles. The molecule has 0 heterocycles. The molecule has 0 aliphatic heterocycles. The van der Waals surface area contributed by atoms with Gasteiger partial charge >= 0.3 is 0 Å². The number of likely N-dealkylation sites (N-methyl/N-ethyl adjacent to an activating group) is 1. The Morgan fingerprint density at radius 2 is 1.85 bits per heavy atom. The number of rotatable bonds is 4. The van der Waals surface area contributed by atoms with Crippen LogP contribution < -0.4 is 5.73 Å². The van der Waals surface area contributed by atoms with Crippen LogP contribution >= 0.6 is 0 Å². The molecule has 76 valence electrons. The number of hydrogen-bond acceptors (Lipinski definition) is 2. The first-order chi connectivity index (χ1) is 6.08. The van der Waals surface area contributed by atoms with E-state index in [1.807, 2.05) is 27.7 Å². The molecule has 0 fully saturated rings. The molecule has 1 amide bonds. The number of nitrogens with zero attached hydrogens (tertiary/aromatic N) is 1. The van der Waals surface area contributed by atoms with Gasteiger partial charge in [0.25, 0.3) is 5.91 Å². The van der Waals surface area contributed by atoms with E-state index >= 15 is 0 Å². The van der Waals surface area contributed by atoms with Gasteiger partial charge in [0, 0.05) is 24.9 Å². The number of carbonyl (C=O) groups is 1. The Hall–Kier alpha value is -0.990. The fourth-order valence-electron chi connectivity index (χ4n) is 1.20. The van der Waals surface area contributed by atoms with Crippen molar-refractivity contribution in [3.8, 4) is 0 Å². The van der Waals surface area contributed by atoms with Crippen LogP contribution in [-0.4, -0.2) is 23.9 Å². The van der Waals surface area contributed by atoms with Gasteiger partial charge in [-0.2, -0.15) is 0 Å². The second-order valence-electron chi connectivity index (χ2n) is 3.25. The molecule has 0 saturated carbocycles. The molecule has 0 aliphatic rings. The maximum atomic E-state index is 11.8. The van der Waals surface area contributed by atoms with Crippen molar-refractivity contribution >= 4 is 5.91 Å². The molecule has 0 aromatic rings. The Morgan fingerprint density at radius 3 is 2.08 bits per heavy atom. The summed E-state index contributed by atoms with van der Waals surface area (Å²) in [6.45, 7) is 9.35. The summed E-state index contributed by atoms with van der Waals surface area (Å²) >= 11 is 0. The van der Waals surface area contributed by atoms with Gasteiger partial charge in [-0.05, 0) is 19.8 Å². The highest BCUT2D eigenvalue weighted by Gasteiger charge is 2.17. The van der Waals surface area contributed by atoms with E-state index in [9.17, 15) is 4.79 Å². The first kappa shape index (κ1) is 12.0. The second kappa shape index (κ2) is 5.62. The van der Waals surface area contributed by atoms with Crippen LogP contribution in [0.5, 0.6) is 0 Å². The van der Waals surface area contributed by atoms with Gasteiger partial charge in [0.1, 0.15) is 0 Å². The maximum Gasteiger partial charge on any atom is 0.251 e. The number of amides is 1. The molecule has 0 radical (unpaired) electrons. The Bertz CT molecular complexity index is 193. The smallest absolute Gasteiger partial charge is 0.251 e. The molecular weight excluding hydrogens is 164 g/mol. The average Bonchev–Trinajstić information content (AvgIpc) is 2.07. The van der Waals surface area contributed by atoms with Gasteiger partial charge in [0.05, 0.1) is 0 Å². The molecule has 13 heavy (non-hydrogen) atoms. The largest absolute Gasteiger partial charge is 0.404 e. The molecule has 0 bridgehead atoms. The standard InChI is InChI=1S/C10H20N2O/c1-5-12(6-2)10(13)9(7-11)8(3)4/h7-8H,5-6,11H2,1-4H3. The molecule has 0 rings (SSSR count). The zero-order chi connectivity index (χ0) is 10.4. The molecule has 0 aliphatic carbocycles. The van der Waals surface area contributed by atoms with Crippen molar-refractivity contribution < 1.29 is 4.79 Å². The lowest BCUT2D eigenvalue weighted by molar-refractivity contribution is -0.127. The number of carbonyl (C=O) groups excluding carboxylic acids is 1. The normalized spacial score (nSPS) is 11.9. The van der Waals surface area contributed by atoms with Crippen LogP contribution in [0.2, 0.25) is 0 Å². The van der Waals surface area contributed by atoms with Gasteiger partial charge < -0.3 is 10.6 Å². The van der Waals surface area contributed by atoms with Crippen molar-refractivity contribution in [2.75, 3.05) is 13.1 Å². The van der Waals surface area contributed by atoms with Gasteiger partial charge in [-0.25, -0.2) is 0 Å². The van der Waals surface area contributed by atoms with E-state index in [0.29, 0.717) is 5.57 Å². The van der Waals surface area contributed by atoms with Crippen molar-refractivity contribution in [1.82, 2.24) is 4.90 Å². The lowest BCUT2D eigenvalue weighted by atomic mass is 10.0. The third-order valence-corrected chi connectivity index (χ3v) is 2.10. The molecule has 2 N–H and O–H groups in total. The Balaban J connectivity index is 4.55. The summed E-state index contributed by atoms with van der Waals surface area (Å²) in [7, 11) is 0. The summed E-state index contributed by atoms with van der Waals surface area (Å²) in [6.07, 6.45) is 1.42. The van der Waals surface area contributed by atoms with Gasteiger partial charge in [0.15, 0.2) is 0 Å². The summed E-state index contributed by atoms with van der Waals surface area (Å²) in [5.41, 5.74) is 6.11. The Labute approximate surface area is 80.6 Å². The number of nitrogens with two attached hydrogens (primary N) is 1. The second-order valence-corrected chi connectivity index (χ2v) is 3.25. The summed E-state index contributed by atoms with van der Waals surface area (Å²) in [4.78, 5) is 13.5. The summed E-state index contributed by atoms with van der Waals surface area (Å²) in [6, 6.07) is 0. The van der Waals surface area contributed by atoms with E-state index in [0.717, 1.165) is 13.1 Å². The van der Waals surface area contributed by atoms with Gasteiger partial charge in [-0.3, -0.25) is 4.79 Å². The quantitative estimate of drug-likeness (QED) is 0.670. The average molecular weight is 184 g/mol. The minimum Gasteiger partial charge on any atom is -0.404 e. The van der Waals surface area contributed by atoms with Gasteiger partial charge in [-0.15, -0.1) is 0 Å². The van der Waals surface area contributed by atoms with Gasteiger partial charge in [0.2, 0.25) is 0 Å². The third kappa shape index (κ3) is 3.09. The van der Waals surface area contributed by atoms with E-state index in [4.69, 9.17) is 5.73 Å². The van der Waals surface area contributed by atoms with E-state index < -0.39 is 0 Å². The van der Waals surface area contributed by atoms with Crippen molar-refractivity contribution in [1.29, 1.82) is 0 Å². The van der Waals surface area contributed by atoms with Gasteiger partial charge in [-0.1, -0.05) is 13.8 Å². The van der Waals surface area contributed by atoms with Crippen molar-refractivity contribution in [2.45, 2.75) is 27.7 Å². The molecule has 0 spiro atoms. The maximum absolute atomic E-state index is 11.8. The van der Waals surface area contributed by atoms with E-state index in [1.54, 1.807) is 4.90 Å². The Kier molecular flexibility index (Phi) is 5.19. The van der Waals surface area contributed by atoms with Crippen LogP contribution in [0.4, 0.5) is 0 Å². The van der Waals surface area contributed by atoms with Crippen molar-refractivity contribution in [2.24, 2.45) is 11.7 Å². The summed E-state index contributed by atoms with van der Waals surface area (Å²) in [5, 5.41) is 0. The minimum absolute atomic E-state index is 0.0579. The third-order valence-electron chi connectivity index (χ3n) is 2.10. The summed E-state index contributed by atoms with van der Waals surface area (Å²) < 4.78 is 0. The van der Waals surface area contributed by atoms with Crippen LogP contribution in [0, 0.1) is 5.92 Å². The predicted molar refractivity (Wildman–Crippen MR) is 55.0 cm³/mol. The van der Waals surface area contributed by atoms with Crippen LogP contribution in [0.3, 0.4) is 0 Å². The molecule has 3 nitrogen and oxygen atoms in total. The van der Waals surface area contributed by atoms with Crippen molar-refractivity contribution in [3.63, 3.8) is 0 Å². The fourth-order valence-corrected chi connectivity index (χ4v) is 1.20. The highest BCUT2D eigenvalue weighted by Crippen LogP contribution is 2.11. The van der Waals surface area contributed by atoms with Crippen LogP contribution in [0.25, 0.3) is 0 Å². The molecular formula is C10H20N2O. The van der Waals surface area contributed by atoms with Crippen LogP contribution in [0.15, 0.2) is 11.8 Å². The first-order valence-electron chi connectivity index (χ1n) is 4.79. The monoisotopic (exact) mass is 184 g/mol. The molecule has 0 aromatic heterocycles. The predicted octanol–water partition coefficient (Wildman–Crippen LogP) is 1.35. The first-order valence-corrected chi connectivity index (χ1v) is 4.79. The topological polar surface area (TPSA) is 46.3 Å². The Morgan fingerprint density at radius 1 is 1.38 bits per heavy atom. The molecule has 3 heteroatoms. The molecule has 0 aromatic carbocycles. The number of hydrogen-bond donors (Lipinski definition) is 1. The SMILES string of the molecule is CCN(CC)C(=O)C(=CN)C(C)C. The van der Waals surface area contributed by atoms with Crippen molar-refractivity contribution in [3.05, 3.63) is 11.8 Å². The zero-order valence-corrected chi connectivity index (χ0v) is 9.00. The van der Waals surface area contributed by atoms with Crippen LogP contribution in [0.1, 0.15) is 27.7 Å². The highest BCUT2D eigenvalue weighted by atomic mass is 16.2. The fraction of sp³-hybridized carbons (Fsp3) is 0.700. The zero-order valence-electron chi connectivity index (χ0n) is 9.00. The minimum atomic E-state index is 0.0579. The summed E-state index contributed by atoms with van der Waals surface area (Å²) in [5.74, 6) is 0.251. The van der Waals surface area contributed by atoms with Crippen LogP contribution in [-0.2, 0) is 4.79 Å². The lowest BCUT2D eigenvalue weighted by Gasteiger charge is -2.21. The van der Waals surface area contributed by atoms with E-state index in [2.05, 4.69) is 0 Å². The molecule has 0 unspecified atom stereocenters. The van der Waals surface area contributed by atoms with E-state index in [-0.39, 0.29) is 11.8 Å². The van der Waals surface area contributed by atoms with E-state index in [1.165, 1.54) is 6.20 Å². The highest BCUT2D eigenvalue weighted by molar-refractivity contribution is 5.93. The lowest BCUT2D eigenvalue weighted by Crippen LogP contribution is -2.33. The molecule has 0 atom stereocenters.